The topological polar surface area (TPSA) is 47.6 Å². The van der Waals surface area contributed by atoms with Crippen LogP contribution >= 0.6 is 0 Å². The fourth-order valence-electron chi connectivity index (χ4n) is 1.25. The maximum atomic E-state index is 11.5. The average Bonchev–Trinajstić information content (AvgIpc) is 2.29. The van der Waals surface area contributed by atoms with Gasteiger partial charge in [0.25, 0.3) is 0 Å². The lowest BCUT2D eigenvalue weighted by Gasteiger charge is -2.08. The van der Waals surface area contributed by atoms with Crippen LogP contribution in [0, 0.1) is 5.92 Å². The van der Waals surface area contributed by atoms with Gasteiger partial charge in [0.2, 0.25) is 5.91 Å². The number of benzene rings is 1. The molecule has 0 aliphatic heterocycles. The minimum absolute atomic E-state index is 0.143. The van der Waals surface area contributed by atoms with Crippen molar-refractivity contribution >= 4 is 5.91 Å². The van der Waals surface area contributed by atoms with Crippen molar-refractivity contribution in [3.8, 4) is 5.75 Å². The van der Waals surface area contributed by atoms with Crippen LogP contribution in [0.5, 0.6) is 5.75 Å². The van der Waals surface area contributed by atoms with E-state index in [4.69, 9.17) is 9.57 Å². The molecule has 0 aromatic heterocycles. The maximum Gasteiger partial charge on any atom is 0.247 e. The summed E-state index contributed by atoms with van der Waals surface area (Å²) in [5.74, 6) is 1.04. The van der Waals surface area contributed by atoms with Crippen molar-refractivity contribution in [2.24, 2.45) is 5.92 Å². The second-order valence-corrected chi connectivity index (χ2v) is 4.25. The van der Waals surface area contributed by atoms with Crippen LogP contribution in [0.3, 0.4) is 0 Å². The molecule has 17 heavy (non-hydrogen) atoms. The summed E-state index contributed by atoms with van der Waals surface area (Å²) in [7, 11) is 1.61. The van der Waals surface area contributed by atoms with Crippen LogP contribution in [-0.4, -0.2) is 19.6 Å². The molecule has 0 aliphatic carbocycles. The zero-order valence-corrected chi connectivity index (χ0v) is 10.5. The fraction of sp³-hybridized carbons (Fsp3) is 0.462. The number of hydrogen-bond acceptors (Lipinski definition) is 3. The van der Waals surface area contributed by atoms with E-state index in [1.54, 1.807) is 7.11 Å². The summed E-state index contributed by atoms with van der Waals surface area (Å²) in [6.07, 6.45) is 0.308. The Hall–Kier alpha value is -1.55. The molecule has 0 saturated heterocycles. The van der Waals surface area contributed by atoms with Crippen LogP contribution < -0.4 is 10.2 Å². The molecule has 0 spiro atoms. The number of carbonyl (C=O) groups is 1. The Morgan fingerprint density at radius 2 is 1.94 bits per heavy atom. The third kappa shape index (κ3) is 5.36. The Kier molecular flexibility index (Phi) is 5.49. The molecule has 0 saturated carbocycles. The van der Waals surface area contributed by atoms with E-state index in [0.29, 0.717) is 18.9 Å². The molecule has 0 atom stereocenters. The van der Waals surface area contributed by atoms with Gasteiger partial charge in [-0.2, -0.15) is 0 Å². The van der Waals surface area contributed by atoms with Crippen LogP contribution in [0.1, 0.15) is 19.4 Å². The Bertz CT molecular complexity index is 346. The van der Waals surface area contributed by atoms with Gasteiger partial charge in [-0.25, -0.2) is 5.48 Å². The second kappa shape index (κ2) is 6.91. The van der Waals surface area contributed by atoms with Crippen molar-refractivity contribution in [2.75, 3.05) is 13.7 Å². The molecule has 0 fully saturated rings. The molecule has 0 bridgehead atoms. The van der Waals surface area contributed by atoms with Crippen LogP contribution in [0.25, 0.3) is 0 Å². The molecule has 0 heterocycles. The minimum Gasteiger partial charge on any atom is -0.497 e. The highest BCUT2D eigenvalue weighted by Crippen LogP contribution is 2.11. The van der Waals surface area contributed by atoms with Gasteiger partial charge in [-0.3, -0.25) is 9.63 Å². The lowest BCUT2D eigenvalue weighted by Crippen LogP contribution is -2.27. The number of amides is 1. The smallest absolute Gasteiger partial charge is 0.247 e. The first-order valence-corrected chi connectivity index (χ1v) is 5.65. The molecule has 1 N–H and O–H groups in total. The number of hydrogen-bond donors (Lipinski definition) is 1. The first-order chi connectivity index (χ1) is 8.11. The van der Waals surface area contributed by atoms with Gasteiger partial charge in [-0.15, -0.1) is 0 Å². The summed E-state index contributed by atoms with van der Waals surface area (Å²) in [5.41, 5.74) is 3.35. The number of carbonyl (C=O) groups excluding carboxylic acids is 1. The molecule has 1 rings (SSSR count). The Morgan fingerprint density at radius 1 is 1.29 bits per heavy atom. The summed E-state index contributed by atoms with van der Waals surface area (Å²) < 4.78 is 5.04. The molecule has 94 valence electrons. The van der Waals surface area contributed by atoms with Crippen molar-refractivity contribution in [2.45, 2.75) is 20.3 Å². The third-order valence-corrected chi connectivity index (χ3v) is 2.13. The van der Waals surface area contributed by atoms with E-state index in [0.717, 1.165) is 11.3 Å². The summed E-state index contributed by atoms with van der Waals surface area (Å²) in [4.78, 5) is 16.5. The number of methoxy groups -OCH3 is 1. The number of hydroxylamine groups is 1. The predicted octanol–water partition coefficient (Wildman–Crippen LogP) is 1.94. The average molecular weight is 237 g/mol. The molecule has 1 aromatic carbocycles. The predicted molar refractivity (Wildman–Crippen MR) is 65.6 cm³/mol. The van der Waals surface area contributed by atoms with E-state index in [1.807, 2.05) is 38.1 Å². The fourth-order valence-corrected chi connectivity index (χ4v) is 1.25. The summed E-state index contributed by atoms with van der Waals surface area (Å²) >= 11 is 0. The van der Waals surface area contributed by atoms with Gasteiger partial charge in [-0.1, -0.05) is 26.0 Å². The quantitative estimate of drug-likeness (QED) is 0.769. The zero-order valence-electron chi connectivity index (χ0n) is 10.5. The van der Waals surface area contributed by atoms with Gasteiger partial charge in [0.15, 0.2) is 0 Å². The van der Waals surface area contributed by atoms with Crippen LogP contribution in [0.4, 0.5) is 0 Å². The van der Waals surface area contributed by atoms with Gasteiger partial charge < -0.3 is 4.74 Å². The van der Waals surface area contributed by atoms with E-state index in [2.05, 4.69) is 5.48 Å². The van der Waals surface area contributed by atoms with E-state index in [1.165, 1.54) is 0 Å². The zero-order chi connectivity index (χ0) is 12.7. The highest BCUT2D eigenvalue weighted by Gasteiger charge is 2.04. The first kappa shape index (κ1) is 13.5. The van der Waals surface area contributed by atoms with Crippen LogP contribution in [0.15, 0.2) is 24.3 Å². The third-order valence-electron chi connectivity index (χ3n) is 2.13. The summed E-state index contributed by atoms with van der Waals surface area (Å²) in [6, 6.07) is 7.39. The van der Waals surface area contributed by atoms with Gasteiger partial charge in [-0.05, 0) is 23.6 Å². The molecule has 1 aromatic rings. The second-order valence-electron chi connectivity index (χ2n) is 4.25. The normalized spacial score (nSPS) is 10.4. The van der Waals surface area contributed by atoms with Crippen LogP contribution in [-0.2, 0) is 16.1 Å². The Morgan fingerprint density at radius 3 is 2.47 bits per heavy atom. The summed E-state index contributed by atoms with van der Waals surface area (Å²) in [6.45, 7) is 4.57. The standard InChI is InChI=1S/C13H19NO3/c1-10(2)9-17-14-13(15)8-11-4-6-12(16-3)7-5-11/h4-7,10H,8-9H2,1-3H3,(H,14,15). The van der Waals surface area contributed by atoms with Crippen LogP contribution in [0.2, 0.25) is 0 Å². The van der Waals surface area contributed by atoms with Crippen molar-refractivity contribution in [3.05, 3.63) is 29.8 Å². The van der Waals surface area contributed by atoms with E-state index in [9.17, 15) is 4.79 Å². The lowest BCUT2D eigenvalue weighted by molar-refractivity contribution is -0.133. The highest BCUT2D eigenvalue weighted by atomic mass is 16.6. The SMILES string of the molecule is COc1ccc(CC(=O)NOCC(C)C)cc1. The Balaban J connectivity index is 2.34. The van der Waals surface area contributed by atoms with E-state index < -0.39 is 0 Å². The monoisotopic (exact) mass is 237 g/mol. The molecule has 1 amide bonds. The first-order valence-electron chi connectivity index (χ1n) is 5.65. The van der Waals surface area contributed by atoms with Crippen molar-refractivity contribution in [1.29, 1.82) is 0 Å². The Labute approximate surface area is 102 Å². The minimum atomic E-state index is -0.143. The summed E-state index contributed by atoms with van der Waals surface area (Å²) in [5, 5.41) is 0. The molecule has 0 radical (unpaired) electrons. The number of ether oxygens (including phenoxy) is 1. The lowest BCUT2D eigenvalue weighted by atomic mass is 10.1. The highest BCUT2D eigenvalue weighted by molar-refractivity contribution is 5.77. The van der Waals surface area contributed by atoms with Crippen molar-refractivity contribution < 1.29 is 14.4 Å². The van der Waals surface area contributed by atoms with Crippen molar-refractivity contribution in [3.63, 3.8) is 0 Å². The van der Waals surface area contributed by atoms with E-state index >= 15 is 0 Å². The van der Waals surface area contributed by atoms with Gasteiger partial charge in [0.1, 0.15) is 5.75 Å². The molecule has 4 nitrogen and oxygen atoms in total. The van der Waals surface area contributed by atoms with Gasteiger partial charge >= 0.3 is 0 Å². The van der Waals surface area contributed by atoms with Crippen molar-refractivity contribution in [1.82, 2.24) is 5.48 Å². The molecular weight excluding hydrogens is 218 g/mol. The molecule has 4 heteroatoms. The molecule has 0 aliphatic rings. The largest absolute Gasteiger partial charge is 0.497 e. The van der Waals surface area contributed by atoms with Gasteiger partial charge in [0, 0.05) is 0 Å². The maximum absolute atomic E-state index is 11.5. The molecule has 0 unspecified atom stereocenters. The van der Waals surface area contributed by atoms with E-state index in [-0.39, 0.29) is 5.91 Å². The van der Waals surface area contributed by atoms with Gasteiger partial charge in [0.05, 0.1) is 20.1 Å². The number of nitrogens with one attached hydrogen (secondary N) is 1. The number of rotatable bonds is 6. The molecular formula is C13H19NO3.